The van der Waals surface area contributed by atoms with E-state index in [1.807, 2.05) is 16.1 Å². The van der Waals surface area contributed by atoms with Gasteiger partial charge in [0.05, 0.1) is 0 Å². The first kappa shape index (κ1) is 26.3. The van der Waals surface area contributed by atoms with Crippen molar-refractivity contribution in [2.24, 2.45) is 5.40 Å². The van der Waals surface area contributed by atoms with Crippen LogP contribution in [0.4, 0.5) is 11.4 Å². The molecule has 0 unspecified atom stereocenters. The predicted octanol–water partition coefficient (Wildman–Crippen LogP) is 7.31. The standard InChI is InChI=1S/C29H43N3OSi/c1-18(2)24-13-11-14-25(19(3)4)28(24)31-22(9)17-23(10)32(34(31,30)33)29-26(20(5)6)15-12-16-27(29)21(7)8/h11-21,33H,9,30H2,1-8,10H3/t34-/m1/s1. The normalized spacial score (nSPS) is 19.1. The monoisotopic (exact) mass is 477 g/mol. The molecule has 2 aromatic rings. The lowest BCUT2D eigenvalue weighted by Crippen LogP contribution is -2.75. The maximum absolute atomic E-state index is 12.4. The zero-order valence-corrected chi connectivity index (χ0v) is 23.5. The minimum atomic E-state index is -3.77. The third kappa shape index (κ3) is 4.49. The fraction of sp³-hybridized carbons (Fsp3) is 0.448. The van der Waals surface area contributed by atoms with Gasteiger partial charge in [-0.3, -0.25) is 5.40 Å². The molecule has 1 aliphatic heterocycles. The number of hydrogen-bond donors (Lipinski definition) is 2. The lowest BCUT2D eigenvalue weighted by molar-refractivity contribution is 0.522. The molecule has 0 radical (unpaired) electrons. The van der Waals surface area contributed by atoms with Crippen LogP contribution < -0.4 is 14.5 Å². The second-order valence-electron chi connectivity index (χ2n) is 10.8. The quantitative estimate of drug-likeness (QED) is 0.428. The molecular weight excluding hydrogens is 434 g/mol. The fourth-order valence-corrected chi connectivity index (χ4v) is 7.58. The Morgan fingerprint density at radius 3 is 1.35 bits per heavy atom. The highest BCUT2D eigenvalue weighted by atomic mass is 28.4. The number of nitrogens with two attached hydrogens (primary N) is 1. The highest BCUT2D eigenvalue weighted by Gasteiger charge is 2.51. The Balaban J connectivity index is 2.38. The molecule has 4 nitrogen and oxygen atoms in total. The third-order valence-corrected chi connectivity index (χ3v) is 9.21. The molecular formula is C29H43N3OSi. The Labute approximate surface area is 208 Å². The lowest BCUT2D eigenvalue weighted by atomic mass is 9.92. The SMILES string of the molecule is C=C1C=C(C)N(c2c(C(C)C)cccc2C(C)C)[Si@](N)(O)N1c1c(C(C)C)cccc1C(C)C. The molecule has 0 saturated heterocycles. The van der Waals surface area contributed by atoms with Crippen LogP contribution in [-0.2, 0) is 0 Å². The van der Waals surface area contributed by atoms with Crippen LogP contribution in [0.1, 0.15) is 108 Å². The molecule has 1 heterocycles. The van der Waals surface area contributed by atoms with Gasteiger partial charge in [0.2, 0.25) is 0 Å². The van der Waals surface area contributed by atoms with E-state index in [0.717, 1.165) is 22.8 Å². The van der Waals surface area contributed by atoms with Crippen molar-refractivity contribution in [3.05, 3.63) is 82.7 Å². The first-order chi connectivity index (χ1) is 15.8. The molecule has 1 aliphatic rings. The summed E-state index contributed by atoms with van der Waals surface area (Å²) in [6, 6.07) is 12.9. The zero-order valence-electron chi connectivity index (χ0n) is 22.5. The van der Waals surface area contributed by atoms with Crippen LogP contribution in [0.25, 0.3) is 0 Å². The zero-order chi connectivity index (χ0) is 25.5. The summed E-state index contributed by atoms with van der Waals surface area (Å²) in [6.07, 6.45) is 2.07. The van der Waals surface area contributed by atoms with Gasteiger partial charge in [-0.05, 0) is 58.9 Å². The van der Waals surface area contributed by atoms with Crippen molar-refractivity contribution in [2.75, 3.05) is 9.13 Å². The van der Waals surface area contributed by atoms with Gasteiger partial charge in [-0.1, -0.05) is 98.4 Å². The Morgan fingerprint density at radius 1 is 0.706 bits per heavy atom. The number of rotatable bonds is 6. The smallest absolute Gasteiger partial charge is 0.387 e. The topological polar surface area (TPSA) is 52.7 Å². The van der Waals surface area contributed by atoms with Gasteiger partial charge in [0.25, 0.3) is 0 Å². The third-order valence-electron chi connectivity index (χ3n) is 6.81. The van der Waals surface area contributed by atoms with Crippen molar-refractivity contribution < 1.29 is 4.80 Å². The number of benzene rings is 2. The van der Waals surface area contributed by atoms with Crippen molar-refractivity contribution in [1.29, 1.82) is 0 Å². The van der Waals surface area contributed by atoms with E-state index in [-0.39, 0.29) is 11.8 Å². The maximum atomic E-state index is 12.4. The van der Waals surface area contributed by atoms with Crippen LogP contribution in [-0.4, -0.2) is 13.6 Å². The molecule has 1 atom stereocenters. The molecule has 184 valence electrons. The van der Waals surface area contributed by atoms with Crippen LogP contribution in [0.5, 0.6) is 0 Å². The molecule has 3 rings (SSSR count). The molecule has 0 aliphatic carbocycles. The van der Waals surface area contributed by atoms with E-state index in [4.69, 9.17) is 5.40 Å². The van der Waals surface area contributed by atoms with Gasteiger partial charge in [-0.15, -0.1) is 0 Å². The highest BCUT2D eigenvalue weighted by Crippen LogP contribution is 2.45. The second kappa shape index (κ2) is 9.72. The van der Waals surface area contributed by atoms with Crippen LogP contribution >= 0.6 is 0 Å². The number of allylic oxidation sites excluding steroid dienone is 2. The summed E-state index contributed by atoms with van der Waals surface area (Å²) in [5.41, 5.74) is 8.48. The van der Waals surface area contributed by atoms with Crippen molar-refractivity contribution in [1.82, 2.24) is 0 Å². The molecule has 2 aromatic carbocycles. The second-order valence-corrected chi connectivity index (χ2v) is 13.1. The number of anilines is 2. The van der Waals surface area contributed by atoms with Crippen molar-refractivity contribution in [3.8, 4) is 0 Å². The molecule has 3 N–H and O–H groups in total. The summed E-state index contributed by atoms with van der Waals surface area (Å²) in [5, 5.41) is 7.13. The Bertz CT molecular complexity index is 1050. The van der Waals surface area contributed by atoms with E-state index in [1.54, 1.807) is 0 Å². The van der Waals surface area contributed by atoms with Crippen molar-refractivity contribution >= 4 is 20.2 Å². The minimum absolute atomic E-state index is 0.279. The number of para-hydroxylation sites is 2. The molecule has 34 heavy (non-hydrogen) atoms. The van der Waals surface area contributed by atoms with E-state index < -0.39 is 8.80 Å². The Morgan fingerprint density at radius 2 is 1.03 bits per heavy atom. The van der Waals surface area contributed by atoms with Gasteiger partial charge in [0, 0.05) is 22.8 Å². The fourth-order valence-electron chi connectivity index (χ4n) is 5.13. The summed E-state index contributed by atoms with van der Waals surface area (Å²) in [5.74, 6) is 1.14. The van der Waals surface area contributed by atoms with Gasteiger partial charge in [-0.25, -0.2) is 0 Å². The largest absolute Gasteiger partial charge is 0.513 e. The molecule has 0 amide bonds. The molecule has 0 spiro atoms. The number of nitrogens with zero attached hydrogens (tertiary/aromatic N) is 2. The minimum Gasteiger partial charge on any atom is -0.387 e. The number of hydrogen-bond acceptors (Lipinski definition) is 4. The van der Waals surface area contributed by atoms with Gasteiger partial charge >= 0.3 is 8.80 Å². The lowest BCUT2D eigenvalue weighted by Gasteiger charge is -2.49. The van der Waals surface area contributed by atoms with Crippen LogP contribution in [0.15, 0.2) is 60.4 Å². The first-order valence-electron chi connectivity index (χ1n) is 12.5. The molecule has 0 saturated carbocycles. The van der Waals surface area contributed by atoms with Crippen LogP contribution in [0.3, 0.4) is 0 Å². The Kier molecular flexibility index (Phi) is 7.51. The van der Waals surface area contributed by atoms with Crippen LogP contribution in [0.2, 0.25) is 0 Å². The summed E-state index contributed by atoms with van der Waals surface area (Å²) in [6.45, 7) is 24.0. The molecule has 0 aromatic heterocycles. The van der Waals surface area contributed by atoms with E-state index in [0.29, 0.717) is 11.8 Å². The Hall–Kier alpha value is -2.34. The highest BCUT2D eigenvalue weighted by molar-refractivity contribution is 6.78. The molecule has 0 bridgehead atoms. The van der Waals surface area contributed by atoms with E-state index in [1.165, 1.54) is 22.3 Å². The van der Waals surface area contributed by atoms with E-state index in [9.17, 15) is 4.80 Å². The predicted molar refractivity (Wildman–Crippen MR) is 149 cm³/mol. The van der Waals surface area contributed by atoms with Gasteiger partial charge in [0.1, 0.15) is 0 Å². The van der Waals surface area contributed by atoms with Crippen molar-refractivity contribution in [3.63, 3.8) is 0 Å². The summed E-state index contributed by atoms with van der Waals surface area (Å²) in [4.78, 5) is 12.4. The van der Waals surface area contributed by atoms with E-state index >= 15 is 0 Å². The average molecular weight is 478 g/mol. The summed E-state index contributed by atoms with van der Waals surface area (Å²) in [7, 11) is -3.77. The average Bonchev–Trinajstić information content (AvgIpc) is 2.72. The van der Waals surface area contributed by atoms with Crippen molar-refractivity contribution in [2.45, 2.75) is 86.0 Å². The van der Waals surface area contributed by atoms with Gasteiger partial charge in [-0.2, -0.15) is 0 Å². The summed E-state index contributed by atoms with van der Waals surface area (Å²) < 4.78 is 4.03. The molecule has 0 fully saturated rings. The van der Waals surface area contributed by atoms with Crippen LogP contribution in [0, 0.1) is 0 Å². The maximum Gasteiger partial charge on any atom is 0.513 e. The van der Waals surface area contributed by atoms with E-state index in [2.05, 4.69) is 104 Å². The summed E-state index contributed by atoms with van der Waals surface area (Å²) >= 11 is 0. The van der Waals surface area contributed by atoms with Gasteiger partial charge < -0.3 is 13.9 Å². The van der Waals surface area contributed by atoms with Gasteiger partial charge in [0.15, 0.2) is 0 Å². The molecule has 5 heteroatoms. The first-order valence-corrected chi connectivity index (χ1v) is 14.5.